The fraction of sp³-hybridized carbons (Fsp3) is 0.500. The number of carboxylic acid groups (broad SMARTS) is 1. The van der Waals surface area contributed by atoms with E-state index in [0.29, 0.717) is 30.1 Å². The van der Waals surface area contributed by atoms with Crippen LogP contribution < -0.4 is 11.1 Å². The van der Waals surface area contributed by atoms with E-state index in [2.05, 4.69) is 19.2 Å². The van der Waals surface area contributed by atoms with Gasteiger partial charge in [0.05, 0.1) is 5.56 Å². The second-order valence-electron chi connectivity index (χ2n) is 5.82. The lowest BCUT2D eigenvalue weighted by molar-refractivity contribution is -0.117. The number of rotatable bonds is 7. The van der Waals surface area contributed by atoms with Crippen LogP contribution in [0.15, 0.2) is 18.2 Å². The highest BCUT2D eigenvalue weighted by molar-refractivity contribution is 5.93. The van der Waals surface area contributed by atoms with Crippen LogP contribution in [0.1, 0.15) is 42.6 Å². The normalized spacial score (nSPS) is 12.2. The van der Waals surface area contributed by atoms with E-state index in [0.717, 1.165) is 6.42 Å². The molecule has 0 aliphatic carbocycles. The maximum absolute atomic E-state index is 12.0. The van der Waals surface area contributed by atoms with Crippen molar-refractivity contribution in [2.75, 3.05) is 11.9 Å². The van der Waals surface area contributed by atoms with E-state index < -0.39 is 5.97 Å². The molecule has 0 heterocycles. The van der Waals surface area contributed by atoms with E-state index in [4.69, 9.17) is 10.8 Å². The molecular formula is C16H24N2O3. The number of amides is 1. The molecule has 5 nitrogen and oxygen atoms in total. The average molecular weight is 292 g/mol. The Balaban J connectivity index is 2.66. The van der Waals surface area contributed by atoms with E-state index in [-0.39, 0.29) is 17.4 Å². The Kier molecular flexibility index (Phi) is 6.37. The Morgan fingerprint density at radius 1 is 1.33 bits per heavy atom. The number of hydrogen-bond donors (Lipinski definition) is 3. The van der Waals surface area contributed by atoms with E-state index in [1.807, 2.05) is 0 Å². The van der Waals surface area contributed by atoms with Gasteiger partial charge in [0.1, 0.15) is 0 Å². The summed E-state index contributed by atoms with van der Waals surface area (Å²) < 4.78 is 0. The molecule has 5 heteroatoms. The van der Waals surface area contributed by atoms with Crippen molar-refractivity contribution in [3.05, 3.63) is 29.3 Å². The van der Waals surface area contributed by atoms with Crippen LogP contribution >= 0.6 is 0 Å². The zero-order chi connectivity index (χ0) is 16.0. The summed E-state index contributed by atoms with van der Waals surface area (Å²) in [4.78, 5) is 23.0. The Labute approximate surface area is 125 Å². The van der Waals surface area contributed by atoms with Gasteiger partial charge in [0, 0.05) is 12.1 Å². The van der Waals surface area contributed by atoms with Gasteiger partial charge >= 0.3 is 5.97 Å². The van der Waals surface area contributed by atoms with Gasteiger partial charge in [0.2, 0.25) is 5.91 Å². The van der Waals surface area contributed by atoms with Gasteiger partial charge in [0.25, 0.3) is 0 Å². The molecule has 1 atom stereocenters. The highest BCUT2D eigenvalue weighted by Gasteiger charge is 2.15. The Hall–Kier alpha value is -1.88. The number of aryl methyl sites for hydroxylation is 1. The number of nitrogens with one attached hydrogen (secondary N) is 1. The molecule has 0 saturated heterocycles. The lowest BCUT2D eigenvalue weighted by atomic mass is 9.94. The standard InChI is InChI=1S/C16H24N2O3/c1-10(2)6-12(9-17)8-15(19)18-13-4-5-14(16(20)21)11(3)7-13/h4-5,7,10,12H,6,8-9,17H2,1-3H3,(H,18,19)(H,20,21)/t12-/m0/s1. The fourth-order valence-electron chi connectivity index (χ4n) is 2.39. The number of carboxylic acids is 1. The van der Waals surface area contributed by atoms with Crippen molar-refractivity contribution in [2.45, 2.75) is 33.6 Å². The van der Waals surface area contributed by atoms with Gasteiger partial charge in [-0.15, -0.1) is 0 Å². The van der Waals surface area contributed by atoms with Crippen LogP contribution in [0.4, 0.5) is 5.69 Å². The number of aromatic carboxylic acids is 1. The van der Waals surface area contributed by atoms with Crippen LogP contribution in [-0.2, 0) is 4.79 Å². The van der Waals surface area contributed by atoms with Crippen molar-refractivity contribution < 1.29 is 14.7 Å². The van der Waals surface area contributed by atoms with Crippen LogP contribution in [0.5, 0.6) is 0 Å². The monoisotopic (exact) mass is 292 g/mol. The number of benzene rings is 1. The topological polar surface area (TPSA) is 92.4 Å². The molecule has 0 aliphatic rings. The molecule has 1 amide bonds. The van der Waals surface area contributed by atoms with Gasteiger partial charge < -0.3 is 16.2 Å². The second kappa shape index (κ2) is 7.78. The minimum atomic E-state index is -0.967. The highest BCUT2D eigenvalue weighted by atomic mass is 16.4. The molecule has 0 aromatic heterocycles. The first-order valence-electron chi connectivity index (χ1n) is 7.17. The van der Waals surface area contributed by atoms with Crippen LogP contribution in [0.25, 0.3) is 0 Å². The third kappa shape index (κ3) is 5.55. The van der Waals surface area contributed by atoms with Gasteiger partial charge in [-0.05, 0) is 55.5 Å². The SMILES string of the molecule is Cc1cc(NC(=O)C[C@@H](CN)CC(C)C)ccc1C(=O)O. The van der Waals surface area contributed by atoms with Gasteiger partial charge in [-0.25, -0.2) is 4.79 Å². The lowest BCUT2D eigenvalue weighted by Crippen LogP contribution is -2.23. The Morgan fingerprint density at radius 3 is 2.48 bits per heavy atom. The first-order valence-corrected chi connectivity index (χ1v) is 7.17. The first kappa shape index (κ1) is 17.2. The van der Waals surface area contributed by atoms with Crippen LogP contribution in [-0.4, -0.2) is 23.5 Å². The number of nitrogens with two attached hydrogens (primary N) is 1. The minimum absolute atomic E-state index is 0.0893. The van der Waals surface area contributed by atoms with Crippen molar-refractivity contribution >= 4 is 17.6 Å². The third-order valence-electron chi connectivity index (χ3n) is 3.35. The molecular weight excluding hydrogens is 268 g/mol. The van der Waals surface area contributed by atoms with Crippen LogP contribution in [0, 0.1) is 18.8 Å². The maximum atomic E-state index is 12.0. The predicted molar refractivity (Wildman–Crippen MR) is 83.4 cm³/mol. The molecule has 116 valence electrons. The fourth-order valence-corrected chi connectivity index (χ4v) is 2.39. The largest absolute Gasteiger partial charge is 0.478 e. The molecule has 0 aliphatic heterocycles. The van der Waals surface area contributed by atoms with Crippen molar-refractivity contribution in [1.29, 1.82) is 0 Å². The van der Waals surface area contributed by atoms with Gasteiger partial charge in [-0.3, -0.25) is 4.79 Å². The summed E-state index contributed by atoms with van der Waals surface area (Å²) in [5, 5.41) is 11.8. The predicted octanol–water partition coefficient (Wildman–Crippen LogP) is 2.64. The molecule has 1 aromatic rings. The van der Waals surface area contributed by atoms with Crippen molar-refractivity contribution in [3.63, 3.8) is 0 Å². The number of carbonyl (C=O) groups excluding carboxylic acids is 1. The quantitative estimate of drug-likeness (QED) is 0.720. The Bertz CT molecular complexity index is 512. The molecule has 4 N–H and O–H groups in total. The van der Waals surface area contributed by atoms with E-state index in [1.54, 1.807) is 19.1 Å². The van der Waals surface area contributed by atoms with Gasteiger partial charge in [-0.1, -0.05) is 13.8 Å². The minimum Gasteiger partial charge on any atom is -0.478 e. The van der Waals surface area contributed by atoms with Crippen LogP contribution in [0.2, 0.25) is 0 Å². The maximum Gasteiger partial charge on any atom is 0.335 e. The molecule has 21 heavy (non-hydrogen) atoms. The zero-order valence-corrected chi connectivity index (χ0v) is 12.8. The summed E-state index contributed by atoms with van der Waals surface area (Å²) >= 11 is 0. The van der Waals surface area contributed by atoms with Gasteiger partial charge in [-0.2, -0.15) is 0 Å². The molecule has 0 radical (unpaired) electrons. The van der Waals surface area contributed by atoms with E-state index in [9.17, 15) is 9.59 Å². The van der Waals surface area contributed by atoms with Crippen molar-refractivity contribution in [2.24, 2.45) is 17.6 Å². The van der Waals surface area contributed by atoms with Crippen molar-refractivity contribution in [3.8, 4) is 0 Å². The Morgan fingerprint density at radius 2 is 2.00 bits per heavy atom. The summed E-state index contributed by atoms with van der Waals surface area (Å²) in [6.07, 6.45) is 1.30. The summed E-state index contributed by atoms with van der Waals surface area (Å²) in [5.41, 5.74) is 7.17. The molecule has 1 rings (SSSR count). The van der Waals surface area contributed by atoms with Crippen molar-refractivity contribution in [1.82, 2.24) is 0 Å². The highest BCUT2D eigenvalue weighted by Crippen LogP contribution is 2.18. The average Bonchev–Trinajstić information content (AvgIpc) is 2.36. The molecule has 0 fully saturated rings. The zero-order valence-electron chi connectivity index (χ0n) is 12.8. The number of carbonyl (C=O) groups is 2. The smallest absolute Gasteiger partial charge is 0.335 e. The molecule has 0 bridgehead atoms. The lowest BCUT2D eigenvalue weighted by Gasteiger charge is -2.16. The van der Waals surface area contributed by atoms with Gasteiger partial charge in [0.15, 0.2) is 0 Å². The third-order valence-corrected chi connectivity index (χ3v) is 3.35. The number of anilines is 1. The molecule has 0 saturated carbocycles. The van der Waals surface area contributed by atoms with E-state index in [1.165, 1.54) is 6.07 Å². The summed E-state index contributed by atoms with van der Waals surface area (Å²) in [5.74, 6) is -0.382. The van der Waals surface area contributed by atoms with Crippen LogP contribution in [0.3, 0.4) is 0 Å². The molecule has 0 spiro atoms. The first-order chi connectivity index (χ1) is 9.83. The second-order valence-corrected chi connectivity index (χ2v) is 5.82. The molecule has 0 unspecified atom stereocenters. The summed E-state index contributed by atoms with van der Waals surface area (Å²) in [7, 11) is 0. The molecule has 1 aromatic carbocycles. The van der Waals surface area contributed by atoms with E-state index >= 15 is 0 Å². The summed E-state index contributed by atoms with van der Waals surface area (Å²) in [6, 6.07) is 4.78. The number of hydrogen-bond acceptors (Lipinski definition) is 3. The summed E-state index contributed by atoms with van der Waals surface area (Å²) in [6.45, 7) is 6.41.